The zero-order valence-electron chi connectivity index (χ0n) is 17.7. The molecule has 0 saturated carbocycles. The fourth-order valence-electron chi connectivity index (χ4n) is 3.64. The summed E-state index contributed by atoms with van der Waals surface area (Å²) >= 11 is 0. The Morgan fingerprint density at radius 2 is 1.81 bits per heavy atom. The molecule has 1 fully saturated rings. The normalized spacial score (nSPS) is 14.1. The van der Waals surface area contributed by atoms with E-state index in [1.165, 1.54) is 0 Å². The fourth-order valence-corrected chi connectivity index (χ4v) is 3.64. The van der Waals surface area contributed by atoms with Gasteiger partial charge in [-0.25, -0.2) is 5.43 Å². The highest BCUT2D eigenvalue weighted by Gasteiger charge is 2.18. The topological polar surface area (TPSA) is 84.1 Å². The molecule has 4 rings (SSSR count). The number of aryl methyl sites for hydroxylation is 1. The van der Waals surface area contributed by atoms with E-state index in [-0.39, 0.29) is 18.3 Å². The van der Waals surface area contributed by atoms with Crippen LogP contribution in [0.5, 0.6) is 5.75 Å². The smallest absolute Gasteiger partial charge is 0.307 e. The maximum Gasteiger partial charge on any atom is 0.307 e. The summed E-state index contributed by atoms with van der Waals surface area (Å²) in [5, 5.41) is 5.10. The molecule has 0 bridgehead atoms. The molecule has 3 aromatic rings. The van der Waals surface area contributed by atoms with Gasteiger partial charge in [0.1, 0.15) is 11.3 Å². The van der Waals surface area contributed by atoms with Crippen LogP contribution in [0.15, 0.2) is 58.0 Å². The van der Waals surface area contributed by atoms with Crippen LogP contribution < -0.4 is 10.2 Å². The highest BCUT2D eigenvalue weighted by molar-refractivity contribution is 6.02. The lowest BCUT2D eigenvalue weighted by atomic mass is 10.1. The van der Waals surface area contributed by atoms with Crippen molar-refractivity contribution in [1.82, 2.24) is 10.3 Å². The molecule has 0 aliphatic carbocycles. The lowest BCUT2D eigenvalue weighted by molar-refractivity contribution is -0.132. The predicted octanol–water partition coefficient (Wildman–Crippen LogP) is 3.90. The third kappa shape index (κ3) is 4.60. The minimum absolute atomic E-state index is 0.0166. The van der Waals surface area contributed by atoms with Gasteiger partial charge in [0.05, 0.1) is 5.71 Å². The third-order valence-corrected chi connectivity index (χ3v) is 5.47. The zero-order valence-corrected chi connectivity index (χ0v) is 17.7. The number of likely N-dealkylation sites (tertiary alicyclic amines) is 1. The molecule has 0 unspecified atom stereocenters. The van der Waals surface area contributed by atoms with Crippen LogP contribution in [0.1, 0.15) is 41.4 Å². The van der Waals surface area contributed by atoms with Crippen molar-refractivity contribution in [3.63, 3.8) is 0 Å². The van der Waals surface area contributed by atoms with Gasteiger partial charge in [-0.15, -0.1) is 0 Å². The Morgan fingerprint density at radius 1 is 1.10 bits per heavy atom. The summed E-state index contributed by atoms with van der Waals surface area (Å²) in [6.07, 6.45) is 2.12. The molecule has 160 valence electrons. The van der Waals surface area contributed by atoms with Crippen LogP contribution >= 0.6 is 0 Å². The first kappa shape index (κ1) is 20.7. The number of furan rings is 1. The SMILES string of the molecule is C/C(=N/NC(=O)c1oc2ccccc2c1C)c1ccc(OCC(=O)N2CCCC2)cc1. The van der Waals surface area contributed by atoms with Crippen LogP contribution in [0.3, 0.4) is 0 Å². The number of fused-ring (bicyclic) bond motifs is 1. The lowest BCUT2D eigenvalue weighted by Gasteiger charge is -2.15. The zero-order chi connectivity index (χ0) is 21.8. The fraction of sp³-hybridized carbons (Fsp3) is 0.292. The predicted molar refractivity (Wildman–Crippen MR) is 118 cm³/mol. The van der Waals surface area contributed by atoms with E-state index in [9.17, 15) is 9.59 Å². The van der Waals surface area contributed by atoms with Gasteiger partial charge in [0, 0.05) is 24.0 Å². The van der Waals surface area contributed by atoms with Crippen molar-refractivity contribution in [3.05, 3.63) is 65.4 Å². The second-order valence-electron chi connectivity index (χ2n) is 7.59. The van der Waals surface area contributed by atoms with Gasteiger partial charge in [-0.3, -0.25) is 9.59 Å². The average molecular weight is 419 g/mol. The molecular formula is C24H25N3O4. The summed E-state index contributed by atoms with van der Waals surface area (Å²) in [5.41, 5.74) is 5.49. The van der Waals surface area contributed by atoms with Gasteiger partial charge < -0.3 is 14.1 Å². The number of rotatable bonds is 6. The summed E-state index contributed by atoms with van der Waals surface area (Å²) < 4.78 is 11.3. The van der Waals surface area contributed by atoms with E-state index >= 15 is 0 Å². The number of hydrazone groups is 1. The maximum absolute atomic E-state index is 12.5. The van der Waals surface area contributed by atoms with Crippen molar-refractivity contribution in [1.29, 1.82) is 0 Å². The third-order valence-electron chi connectivity index (χ3n) is 5.47. The Kier molecular flexibility index (Phi) is 6.02. The molecule has 0 spiro atoms. The Morgan fingerprint density at radius 3 is 2.52 bits per heavy atom. The largest absolute Gasteiger partial charge is 0.484 e. The van der Waals surface area contributed by atoms with E-state index in [1.807, 2.05) is 48.2 Å². The Hall–Kier alpha value is -3.61. The summed E-state index contributed by atoms with van der Waals surface area (Å²) in [7, 11) is 0. The van der Waals surface area contributed by atoms with E-state index < -0.39 is 5.91 Å². The van der Waals surface area contributed by atoms with Gasteiger partial charge in [-0.1, -0.05) is 18.2 Å². The number of nitrogens with zero attached hydrogens (tertiary/aromatic N) is 2. The number of amides is 2. The summed E-state index contributed by atoms with van der Waals surface area (Å²) in [6, 6.07) is 14.8. The summed E-state index contributed by atoms with van der Waals surface area (Å²) in [5.74, 6) is 0.492. The Bertz CT molecular complexity index is 1130. The first-order valence-electron chi connectivity index (χ1n) is 10.4. The molecule has 2 aromatic carbocycles. The van der Waals surface area contributed by atoms with E-state index in [2.05, 4.69) is 10.5 Å². The van der Waals surface area contributed by atoms with Gasteiger partial charge in [0.2, 0.25) is 0 Å². The van der Waals surface area contributed by atoms with Crippen molar-refractivity contribution in [2.75, 3.05) is 19.7 Å². The number of benzene rings is 2. The summed E-state index contributed by atoms with van der Waals surface area (Å²) in [4.78, 5) is 26.4. The number of carbonyl (C=O) groups excluding carboxylic acids is 2. The minimum Gasteiger partial charge on any atom is -0.484 e. The monoisotopic (exact) mass is 419 g/mol. The van der Waals surface area contributed by atoms with Gasteiger partial charge in [-0.05, 0) is 62.6 Å². The van der Waals surface area contributed by atoms with Gasteiger partial charge in [0.15, 0.2) is 12.4 Å². The average Bonchev–Trinajstić information content (AvgIpc) is 3.45. The standard InChI is InChI=1S/C24H25N3O4/c1-16-20-7-3-4-8-21(20)31-23(16)24(29)26-25-17(2)18-9-11-19(12-10-18)30-15-22(28)27-13-5-6-14-27/h3-4,7-12H,5-6,13-15H2,1-2H3,(H,26,29)/b25-17-. The van der Waals surface area contributed by atoms with Crippen LogP contribution in [-0.4, -0.2) is 42.1 Å². The van der Waals surface area contributed by atoms with Crippen molar-refractivity contribution in [2.45, 2.75) is 26.7 Å². The molecule has 0 radical (unpaired) electrons. The van der Waals surface area contributed by atoms with E-state index in [0.29, 0.717) is 17.0 Å². The molecular weight excluding hydrogens is 394 g/mol. The van der Waals surface area contributed by atoms with Crippen LogP contribution in [0, 0.1) is 6.92 Å². The molecule has 2 amide bonds. The number of nitrogens with one attached hydrogen (secondary N) is 1. The minimum atomic E-state index is -0.395. The van der Waals surface area contributed by atoms with Crippen LogP contribution in [0.4, 0.5) is 0 Å². The highest BCUT2D eigenvalue weighted by Crippen LogP contribution is 2.24. The maximum atomic E-state index is 12.5. The lowest BCUT2D eigenvalue weighted by Crippen LogP contribution is -2.32. The Labute approximate surface area is 180 Å². The molecule has 31 heavy (non-hydrogen) atoms. The summed E-state index contributed by atoms with van der Waals surface area (Å²) in [6.45, 7) is 5.33. The van der Waals surface area contributed by atoms with Gasteiger partial charge in [0.25, 0.3) is 5.91 Å². The number of carbonyl (C=O) groups is 2. The molecule has 1 aliphatic rings. The van der Waals surface area contributed by atoms with Crippen molar-refractivity contribution in [2.24, 2.45) is 5.10 Å². The molecule has 1 aliphatic heterocycles. The molecule has 7 nitrogen and oxygen atoms in total. The van der Waals surface area contributed by atoms with E-state index in [0.717, 1.165) is 42.4 Å². The van der Waals surface area contributed by atoms with E-state index in [1.54, 1.807) is 19.1 Å². The Balaban J connectivity index is 1.36. The van der Waals surface area contributed by atoms with Crippen molar-refractivity contribution < 1.29 is 18.7 Å². The molecule has 1 N–H and O–H groups in total. The quantitative estimate of drug-likeness (QED) is 0.485. The molecule has 1 saturated heterocycles. The van der Waals surface area contributed by atoms with Crippen LogP contribution in [-0.2, 0) is 4.79 Å². The van der Waals surface area contributed by atoms with Gasteiger partial charge >= 0.3 is 5.91 Å². The second-order valence-corrected chi connectivity index (χ2v) is 7.59. The number of hydrogen-bond acceptors (Lipinski definition) is 5. The van der Waals surface area contributed by atoms with Crippen molar-refractivity contribution >= 4 is 28.5 Å². The highest BCUT2D eigenvalue weighted by atomic mass is 16.5. The van der Waals surface area contributed by atoms with Crippen molar-refractivity contribution in [3.8, 4) is 5.75 Å². The first-order chi connectivity index (χ1) is 15.0. The molecule has 1 aromatic heterocycles. The molecule has 7 heteroatoms. The number of ether oxygens (including phenoxy) is 1. The number of hydrogen-bond donors (Lipinski definition) is 1. The van der Waals surface area contributed by atoms with Crippen LogP contribution in [0.25, 0.3) is 11.0 Å². The molecule has 2 heterocycles. The first-order valence-corrected chi connectivity index (χ1v) is 10.4. The molecule has 0 atom stereocenters. The number of para-hydroxylation sites is 1. The second kappa shape index (κ2) is 9.04. The van der Waals surface area contributed by atoms with E-state index in [4.69, 9.17) is 9.15 Å². The van der Waals surface area contributed by atoms with Gasteiger partial charge in [-0.2, -0.15) is 5.10 Å². The van der Waals surface area contributed by atoms with Crippen LogP contribution in [0.2, 0.25) is 0 Å².